The summed E-state index contributed by atoms with van der Waals surface area (Å²) in [5.74, 6) is -0.223. The standard InChI is InChI=1S/C22H26F3N3O4S/c1-2-32-17-7-9-18(10-8-17)33(30,31)28-13-11-16(12-14-28)21(29)27-20-6-4-3-5-19(20)26-15-22(23,24)25/h3-10,16,26H,2,11-15H2,1H3,(H,27,29). The van der Waals surface area contributed by atoms with Crippen LogP contribution in [-0.4, -0.2) is 51.0 Å². The van der Waals surface area contributed by atoms with Crippen molar-refractivity contribution in [2.45, 2.75) is 30.8 Å². The number of anilines is 2. The summed E-state index contributed by atoms with van der Waals surface area (Å²) in [6.07, 6.45) is -3.78. The highest BCUT2D eigenvalue weighted by Gasteiger charge is 2.32. The molecule has 1 aliphatic heterocycles. The van der Waals surface area contributed by atoms with Gasteiger partial charge in [-0.2, -0.15) is 17.5 Å². The highest BCUT2D eigenvalue weighted by atomic mass is 32.2. The summed E-state index contributed by atoms with van der Waals surface area (Å²) in [6.45, 7) is 1.43. The van der Waals surface area contributed by atoms with Gasteiger partial charge in [0.05, 0.1) is 22.9 Å². The van der Waals surface area contributed by atoms with E-state index in [0.717, 1.165) is 0 Å². The van der Waals surface area contributed by atoms with Gasteiger partial charge < -0.3 is 15.4 Å². The lowest BCUT2D eigenvalue weighted by atomic mass is 9.97. The summed E-state index contributed by atoms with van der Waals surface area (Å²) in [7, 11) is -3.70. The van der Waals surface area contributed by atoms with Gasteiger partial charge in [0.2, 0.25) is 15.9 Å². The first-order chi connectivity index (χ1) is 15.6. The Balaban J connectivity index is 1.59. The summed E-state index contributed by atoms with van der Waals surface area (Å²) in [4.78, 5) is 12.9. The van der Waals surface area contributed by atoms with Gasteiger partial charge in [0.1, 0.15) is 12.3 Å². The minimum absolute atomic E-state index is 0.151. The monoisotopic (exact) mass is 485 g/mol. The average Bonchev–Trinajstić information content (AvgIpc) is 2.78. The van der Waals surface area contributed by atoms with E-state index in [-0.39, 0.29) is 35.3 Å². The first-order valence-corrected chi connectivity index (χ1v) is 12.0. The van der Waals surface area contributed by atoms with E-state index >= 15 is 0 Å². The Morgan fingerprint density at radius 1 is 1.06 bits per heavy atom. The van der Waals surface area contributed by atoms with E-state index in [1.54, 1.807) is 24.3 Å². The van der Waals surface area contributed by atoms with Gasteiger partial charge in [0.25, 0.3) is 0 Å². The van der Waals surface area contributed by atoms with Crippen molar-refractivity contribution in [3.05, 3.63) is 48.5 Å². The summed E-state index contributed by atoms with van der Waals surface area (Å²) < 4.78 is 70.1. The van der Waals surface area contributed by atoms with Crippen LogP contribution in [0, 0.1) is 5.92 Å². The summed E-state index contributed by atoms with van der Waals surface area (Å²) >= 11 is 0. The fourth-order valence-corrected chi connectivity index (χ4v) is 5.03. The number of rotatable bonds is 8. The molecule has 7 nitrogen and oxygen atoms in total. The molecule has 0 atom stereocenters. The van der Waals surface area contributed by atoms with Crippen LogP contribution in [-0.2, 0) is 14.8 Å². The minimum Gasteiger partial charge on any atom is -0.494 e. The number of hydrogen-bond donors (Lipinski definition) is 2. The molecular weight excluding hydrogens is 459 g/mol. The van der Waals surface area contributed by atoms with Gasteiger partial charge in [-0.15, -0.1) is 0 Å². The van der Waals surface area contributed by atoms with Crippen LogP contribution in [0.3, 0.4) is 0 Å². The van der Waals surface area contributed by atoms with Crippen LogP contribution in [0.4, 0.5) is 24.5 Å². The van der Waals surface area contributed by atoms with E-state index in [2.05, 4.69) is 10.6 Å². The third kappa shape index (κ3) is 6.61. The quantitative estimate of drug-likeness (QED) is 0.588. The van der Waals surface area contributed by atoms with E-state index in [0.29, 0.717) is 25.2 Å². The topological polar surface area (TPSA) is 87.7 Å². The normalized spacial score (nSPS) is 15.8. The third-order valence-electron chi connectivity index (χ3n) is 5.26. The van der Waals surface area contributed by atoms with Crippen LogP contribution in [0.2, 0.25) is 0 Å². The predicted octanol–water partition coefficient (Wildman–Crippen LogP) is 4.10. The van der Waals surface area contributed by atoms with Gasteiger partial charge in [-0.25, -0.2) is 8.42 Å². The minimum atomic E-state index is -4.39. The van der Waals surface area contributed by atoms with Crippen LogP contribution in [0.25, 0.3) is 0 Å². The van der Waals surface area contributed by atoms with Crippen molar-refractivity contribution in [1.82, 2.24) is 4.31 Å². The average molecular weight is 486 g/mol. The maximum Gasteiger partial charge on any atom is 0.405 e. The molecule has 33 heavy (non-hydrogen) atoms. The number of alkyl halides is 3. The molecule has 1 heterocycles. The number of ether oxygens (including phenoxy) is 1. The van der Waals surface area contributed by atoms with E-state index in [9.17, 15) is 26.4 Å². The van der Waals surface area contributed by atoms with E-state index in [4.69, 9.17) is 4.74 Å². The molecule has 1 aliphatic rings. The molecule has 2 aromatic carbocycles. The smallest absolute Gasteiger partial charge is 0.405 e. The van der Waals surface area contributed by atoms with Crippen molar-refractivity contribution in [2.75, 3.05) is 36.9 Å². The number of sulfonamides is 1. The van der Waals surface area contributed by atoms with Crippen LogP contribution in [0.15, 0.2) is 53.4 Å². The fourth-order valence-electron chi connectivity index (χ4n) is 3.56. The van der Waals surface area contributed by atoms with Crippen molar-refractivity contribution in [2.24, 2.45) is 5.92 Å². The van der Waals surface area contributed by atoms with Gasteiger partial charge in [0.15, 0.2) is 0 Å². The molecule has 0 aromatic heterocycles. The summed E-state index contributed by atoms with van der Waals surface area (Å²) in [5.41, 5.74) is 0.412. The SMILES string of the molecule is CCOc1ccc(S(=O)(=O)N2CCC(C(=O)Nc3ccccc3NCC(F)(F)F)CC2)cc1. The van der Waals surface area contributed by atoms with Crippen LogP contribution < -0.4 is 15.4 Å². The Hall–Kier alpha value is -2.79. The lowest BCUT2D eigenvalue weighted by Gasteiger charge is -2.30. The molecule has 1 fully saturated rings. The zero-order valence-corrected chi connectivity index (χ0v) is 18.9. The Morgan fingerprint density at radius 3 is 2.24 bits per heavy atom. The van der Waals surface area contributed by atoms with E-state index in [1.165, 1.54) is 28.6 Å². The Labute approximate surface area is 191 Å². The predicted molar refractivity (Wildman–Crippen MR) is 119 cm³/mol. The zero-order valence-electron chi connectivity index (χ0n) is 18.1. The molecule has 0 unspecified atom stereocenters. The largest absolute Gasteiger partial charge is 0.494 e. The number of carbonyl (C=O) groups excluding carboxylic acids is 1. The first-order valence-electron chi connectivity index (χ1n) is 10.5. The van der Waals surface area contributed by atoms with Crippen LogP contribution >= 0.6 is 0 Å². The number of amides is 1. The Morgan fingerprint density at radius 2 is 1.67 bits per heavy atom. The number of halogens is 3. The maximum atomic E-state index is 12.9. The lowest BCUT2D eigenvalue weighted by Crippen LogP contribution is -2.41. The third-order valence-corrected chi connectivity index (χ3v) is 7.17. The first kappa shape index (κ1) is 24.8. The van der Waals surface area contributed by atoms with Gasteiger partial charge in [0, 0.05) is 19.0 Å². The highest BCUT2D eigenvalue weighted by Crippen LogP contribution is 2.28. The van der Waals surface area contributed by atoms with Gasteiger partial charge >= 0.3 is 6.18 Å². The molecule has 180 valence electrons. The van der Waals surface area contributed by atoms with Crippen molar-refractivity contribution < 1.29 is 31.1 Å². The molecule has 0 spiro atoms. The van der Waals surface area contributed by atoms with Crippen molar-refractivity contribution in [3.8, 4) is 5.75 Å². The Kier molecular flexibility index (Phi) is 7.85. The zero-order chi connectivity index (χ0) is 24.1. The molecule has 0 saturated carbocycles. The number of nitrogens with one attached hydrogen (secondary N) is 2. The number of nitrogens with zero attached hydrogens (tertiary/aromatic N) is 1. The molecule has 3 rings (SSSR count). The molecule has 1 saturated heterocycles. The van der Waals surface area contributed by atoms with Crippen LogP contribution in [0.1, 0.15) is 19.8 Å². The van der Waals surface area contributed by atoms with E-state index in [1.807, 2.05) is 6.92 Å². The van der Waals surface area contributed by atoms with Gasteiger partial charge in [-0.05, 0) is 56.2 Å². The number of benzene rings is 2. The number of hydrogen-bond acceptors (Lipinski definition) is 5. The Bertz CT molecular complexity index is 1050. The summed E-state index contributed by atoms with van der Waals surface area (Å²) in [5, 5.41) is 4.95. The maximum absolute atomic E-state index is 12.9. The van der Waals surface area contributed by atoms with Crippen LogP contribution in [0.5, 0.6) is 5.75 Å². The fraction of sp³-hybridized carbons (Fsp3) is 0.409. The second-order valence-corrected chi connectivity index (χ2v) is 9.52. The van der Waals surface area contributed by atoms with Crippen molar-refractivity contribution in [3.63, 3.8) is 0 Å². The highest BCUT2D eigenvalue weighted by molar-refractivity contribution is 7.89. The molecule has 1 amide bonds. The number of piperidine rings is 1. The second-order valence-electron chi connectivity index (χ2n) is 7.59. The molecule has 11 heteroatoms. The van der Waals surface area contributed by atoms with Crippen molar-refractivity contribution in [1.29, 1.82) is 0 Å². The molecule has 0 radical (unpaired) electrons. The number of para-hydroxylation sites is 2. The van der Waals surface area contributed by atoms with E-state index < -0.39 is 28.7 Å². The summed E-state index contributed by atoms with van der Waals surface area (Å²) in [6, 6.07) is 12.3. The molecule has 0 aliphatic carbocycles. The molecular formula is C22H26F3N3O4S. The molecule has 2 N–H and O–H groups in total. The van der Waals surface area contributed by atoms with Gasteiger partial charge in [-0.3, -0.25) is 4.79 Å². The number of carbonyl (C=O) groups is 1. The molecule has 2 aromatic rings. The lowest BCUT2D eigenvalue weighted by molar-refractivity contribution is -0.121. The second kappa shape index (κ2) is 10.4. The van der Waals surface area contributed by atoms with Crippen molar-refractivity contribution >= 4 is 27.3 Å². The van der Waals surface area contributed by atoms with Gasteiger partial charge in [-0.1, -0.05) is 12.1 Å². The molecule has 0 bridgehead atoms.